The molecule has 5 rings (SSSR count). The molecular weight excluding hydrogens is 364 g/mol. The topological polar surface area (TPSA) is 80.6 Å². The lowest BCUT2D eigenvalue weighted by molar-refractivity contribution is -0.299. The van der Waals surface area contributed by atoms with Crippen molar-refractivity contribution in [2.45, 2.75) is 78.7 Å². The van der Waals surface area contributed by atoms with Crippen LogP contribution >= 0.6 is 0 Å². The van der Waals surface area contributed by atoms with Gasteiger partial charge < -0.3 is 20.1 Å². The largest absolute Gasteiger partial charge is 0.545 e. The van der Waals surface area contributed by atoms with Crippen LogP contribution in [0.4, 0.5) is 0 Å². The molecule has 0 spiro atoms. The zero-order valence-corrected chi connectivity index (χ0v) is 18.4. The number of carbonyl (C=O) groups is 1. The number of hydrogen-bond donors (Lipinski definition) is 2. The van der Waals surface area contributed by atoms with E-state index in [-0.39, 0.29) is 29.0 Å². The van der Waals surface area contributed by atoms with Gasteiger partial charge in [-0.05, 0) is 96.9 Å². The summed E-state index contributed by atoms with van der Waals surface area (Å²) in [5, 5.41) is 33.8. The van der Waals surface area contributed by atoms with Gasteiger partial charge in [0.2, 0.25) is 0 Å². The molecule has 0 aromatic carbocycles. The molecule has 0 radical (unpaired) electrons. The summed E-state index contributed by atoms with van der Waals surface area (Å²) in [6.45, 7) is 9.37. The Morgan fingerprint density at radius 2 is 1.93 bits per heavy atom. The van der Waals surface area contributed by atoms with E-state index in [0.717, 1.165) is 44.1 Å². The number of carbonyl (C=O) groups excluding carboxylic acids is 1. The molecule has 0 amide bonds. The van der Waals surface area contributed by atoms with Crippen molar-refractivity contribution in [3.8, 4) is 0 Å². The fourth-order valence-corrected chi connectivity index (χ4v) is 9.03. The minimum atomic E-state index is -0.994. The highest BCUT2D eigenvalue weighted by Gasteiger charge is 2.72. The Morgan fingerprint density at radius 1 is 1.21 bits per heavy atom. The lowest BCUT2D eigenvalue weighted by Crippen LogP contribution is -2.53. The van der Waals surface area contributed by atoms with E-state index in [2.05, 4.69) is 27.7 Å². The Labute approximate surface area is 174 Å². The van der Waals surface area contributed by atoms with Crippen LogP contribution in [-0.2, 0) is 4.79 Å². The minimum Gasteiger partial charge on any atom is -0.545 e. The molecule has 0 unspecified atom stereocenters. The van der Waals surface area contributed by atoms with Crippen molar-refractivity contribution in [3.05, 3.63) is 11.1 Å². The molecule has 29 heavy (non-hydrogen) atoms. The van der Waals surface area contributed by atoms with Crippen molar-refractivity contribution in [1.82, 2.24) is 0 Å². The van der Waals surface area contributed by atoms with Crippen molar-refractivity contribution < 1.29 is 20.1 Å². The van der Waals surface area contributed by atoms with Crippen LogP contribution in [0, 0.1) is 51.8 Å². The van der Waals surface area contributed by atoms with Gasteiger partial charge in [0, 0.05) is 12.0 Å². The minimum absolute atomic E-state index is 0.0766. The van der Waals surface area contributed by atoms with Crippen molar-refractivity contribution in [3.63, 3.8) is 0 Å². The first-order chi connectivity index (χ1) is 13.6. The second kappa shape index (κ2) is 6.09. The Hall–Kier alpha value is -0.870. The summed E-state index contributed by atoms with van der Waals surface area (Å²) < 4.78 is 0. The summed E-state index contributed by atoms with van der Waals surface area (Å²) in [6.07, 6.45) is 5.86. The van der Waals surface area contributed by atoms with Gasteiger partial charge in [0.1, 0.15) is 0 Å². The van der Waals surface area contributed by atoms with Crippen LogP contribution in [-0.4, -0.2) is 28.9 Å². The molecule has 0 saturated heterocycles. The van der Waals surface area contributed by atoms with Gasteiger partial charge in [-0.1, -0.05) is 33.3 Å². The molecule has 4 nitrogen and oxygen atoms in total. The van der Waals surface area contributed by atoms with E-state index in [4.69, 9.17) is 0 Å². The molecular formula is C25H37O4-. The molecule has 2 N–H and O–H groups in total. The van der Waals surface area contributed by atoms with Gasteiger partial charge in [0.15, 0.2) is 0 Å². The summed E-state index contributed by atoms with van der Waals surface area (Å²) in [5.74, 6) is 1.66. The van der Waals surface area contributed by atoms with Crippen LogP contribution in [0.25, 0.3) is 0 Å². The van der Waals surface area contributed by atoms with E-state index in [1.807, 2.05) is 0 Å². The summed E-state index contributed by atoms with van der Waals surface area (Å²) in [6, 6.07) is 0. The van der Waals surface area contributed by atoms with Gasteiger partial charge in [-0.3, -0.25) is 0 Å². The number of allylic oxidation sites excluding steroid dienone is 1. The predicted octanol–water partition coefficient (Wildman–Crippen LogP) is 2.92. The molecule has 4 heteroatoms. The quantitative estimate of drug-likeness (QED) is 0.762. The van der Waals surface area contributed by atoms with Gasteiger partial charge in [-0.15, -0.1) is 0 Å². The standard InChI is InChI=1S/C25H38O4/c1-13(2)15-9-19(27)23(3)7-8-25(12-26)10-16-14(22(28)29)5-6-17(16)24(4)11-18(24)21(25)20(15)23/h13,15,17-21,26-27H,5-12H2,1-4H3,(H,28,29)/p-1/t15-,17-,18-,19-,20+,21+,23-,24+,25-/m1/s1. The number of aliphatic carboxylic acids is 1. The Morgan fingerprint density at radius 3 is 2.55 bits per heavy atom. The number of carboxylic acids is 1. The van der Waals surface area contributed by atoms with Gasteiger partial charge in [-0.25, -0.2) is 0 Å². The van der Waals surface area contributed by atoms with Gasteiger partial charge in [0.25, 0.3) is 0 Å². The molecule has 5 aliphatic rings. The van der Waals surface area contributed by atoms with Crippen LogP contribution in [0.15, 0.2) is 11.1 Å². The second-order valence-corrected chi connectivity index (χ2v) is 12.1. The van der Waals surface area contributed by atoms with Crippen molar-refractivity contribution >= 4 is 5.97 Å². The van der Waals surface area contributed by atoms with Crippen LogP contribution in [0.2, 0.25) is 0 Å². The summed E-state index contributed by atoms with van der Waals surface area (Å²) >= 11 is 0. The number of rotatable bonds is 3. The maximum Gasteiger partial charge on any atom is 0.0674 e. The average molecular weight is 402 g/mol. The third-order valence-electron chi connectivity index (χ3n) is 10.8. The Bertz CT molecular complexity index is 771. The highest BCUT2D eigenvalue weighted by Crippen LogP contribution is 2.77. The predicted molar refractivity (Wildman–Crippen MR) is 108 cm³/mol. The first kappa shape index (κ1) is 20.1. The SMILES string of the molecule is CC(C)[C@H]1C[C@@H](O)[C@@]2(C)CC[C@]3(CO)CC4=C(C(=O)[O-])CC[C@H]4[C@]4(C)C[C@@H]4[C@H]3[C@H]12. The van der Waals surface area contributed by atoms with Crippen LogP contribution < -0.4 is 5.11 Å². The number of carboxylic acid groups (broad SMARTS) is 1. The molecule has 0 aliphatic heterocycles. The lowest BCUT2D eigenvalue weighted by Gasteiger charge is -2.56. The van der Waals surface area contributed by atoms with Crippen molar-refractivity contribution in [2.24, 2.45) is 51.8 Å². The summed E-state index contributed by atoms with van der Waals surface area (Å²) in [7, 11) is 0. The lowest BCUT2D eigenvalue weighted by atomic mass is 9.49. The van der Waals surface area contributed by atoms with Gasteiger partial charge in [0.05, 0.1) is 12.1 Å². The van der Waals surface area contributed by atoms with E-state index >= 15 is 0 Å². The number of aliphatic hydroxyl groups excluding tert-OH is 2. The smallest absolute Gasteiger partial charge is 0.0674 e. The van der Waals surface area contributed by atoms with E-state index in [9.17, 15) is 20.1 Å². The van der Waals surface area contributed by atoms with E-state index in [1.165, 1.54) is 0 Å². The number of fused-ring (bicyclic) bond motifs is 7. The molecule has 0 bridgehead atoms. The van der Waals surface area contributed by atoms with Crippen LogP contribution in [0.3, 0.4) is 0 Å². The fraction of sp³-hybridized carbons (Fsp3) is 0.880. The molecule has 0 aromatic heterocycles. The first-order valence-electron chi connectivity index (χ1n) is 11.8. The third-order valence-corrected chi connectivity index (χ3v) is 10.8. The highest BCUT2D eigenvalue weighted by molar-refractivity contribution is 5.86. The molecule has 5 aliphatic carbocycles. The molecule has 4 saturated carbocycles. The summed E-state index contributed by atoms with van der Waals surface area (Å²) in [4.78, 5) is 11.9. The van der Waals surface area contributed by atoms with Crippen LogP contribution in [0.1, 0.15) is 72.6 Å². The number of aliphatic hydroxyl groups is 2. The van der Waals surface area contributed by atoms with E-state index in [0.29, 0.717) is 47.5 Å². The molecule has 162 valence electrons. The normalized spacial score (nSPS) is 53.2. The maximum absolute atomic E-state index is 11.9. The molecule has 9 atom stereocenters. The van der Waals surface area contributed by atoms with Gasteiger partial charge >= 0.3 is 0 Å². The van der Waals surface area contributed by atoms with E-state index in [1.54, 1.807) is 0 Å². The molecule has 0 heterocycles. The van der Waals surface area contributed by atoms with Gasteiger partial charge in [-0.2, -0.15) is 0 Å². The average Bonchev–Trinajstić information content (AvgIpc) is 3.04. The molecule has 0 aromatic rings. The summed E-state index contributed by atoms with van der Waals surface area (Å²) in [5.41, 5.74) is 1.48. The first-order valence-corrected chi connectivity index (χ1v) is 11.8. The monoisotopic (exact) mass is 401 g/mol. The number of hydrogen-bond acceptors (Lipinski definition) is 4. The van der Waals surface area contributed by atoms with E-state index < -0.39 is 5.97 Å². The maximum atomic E-state index is 11.9. The fourth-order valence-electron chi connectivity index (χ4n) is 9.03. The second-order valence-electron chi connectivity index (χ2n) is 12.1. The van der Waals surface area contributed by atoms with Crippen molar-refractivity contribution in [2.75, 3.05) is 6.61 Å². The molecule has 4 fully saturated rings. The Balaban J connectivity index is 1.66. The van der Waals surface area contributed by atoms with Crippen molar-refractivity contribution in [1.29, 1.82) is 0 Å². The van der Waals surface area contributed by atoms with Crippen LogP contribution in [0.5, 0.6) is 0 Å². The zero-order chi connectivity index (χ0) is 20.9. The third kappa shape index (κ3) is 2.42. The Kier molecular flexibility index (Phi) is 4.22. The zero-order valence-electron chi connectivity index (χ0n) is 18.4. The highest BCUT2D eigenvalue weighted by atomic mass is 16.4.